The van der Waals surface area contributed by atoms with E-state index < -0.39 is 0 Å². The van der Waals surface area contributed by atoms with Gasteiger partial charge >= 0.3 is 0 Å². The molecule has 0 aliphatic heterocycles. The van der Waals surface area contributed by atoms with Gasteiger partial charge in [0, 0.05) is 7.05 Å². The Labute approximate surface area is 107 Å². The highest BCUT2D eigenvalue weighted by Gasteiger charge is 2.15. The zero-order valence-corrected chi connectivity index (χ0v) is 10.4. The molecule has 0 bridgehead atoms. The summed E-state index contributed by atoms with van der Waals surface area (Å²) >= 11 is 0. The van der Waals surface area contributed by atoms with Crippen LogP contribution in [0, 0.1) is 0 Å². The number of carbonyl (C=O) groups is 1. The lowest BCUT2D eigenvalue weighted by Gasteiger charge is -2.12. The topological polar surface area (TPSA) is 29.1 Å². The molecular weight excluding hydrogens is 222 g/mol. The smallest absolute Gasteiger partial charge is 0.252 e. The maximum Gasteiger partial charge on any atom is 0.252 e. The van der Waals surface area contributed by atoms with Crippen molar-refractivity contribution in [2.75, 3.05) is 7.05 Å². The minimum atomic E-state index is -0.107. The van der Waals surface area contributed by atoms with Crippen LogP contribution in [0.4, 0.5) is 0 Å². The Morgan fingerprint density at radius 3 is 2.56 bits per heavy atom. The molecule has 0 atom stereocenters. The second-order valence-corrected chi connectivity index (χ2v) is 3.96. The Morgan fingerprint density at radius 1 is 1.22 bits per heavy atom. The lowest BCUT2D eigenvalue weighted by atomic mass is 9.93. The second-order valence-electron chi connectivity index (χ2n) is 3.96. The summed E-state index contributed by atoms with van der Waals surface area (Å²) in [5.41, 5.74) is 2.39. The number of nitrogens with one attached hydrogen (secondary N) is 1. The summed E-state index contributed by atoms with van der Waals surface area (Å²) in [6.07, 6.45) is 3.45. The molecule has 0 saturated heterocycles. The van der Waals surface area contributed by atoms with Crippen molar-refractivity contribution >= 4 is 28.8 Å². The van der Waals surface area contributed by atoms with E-state index in [1.807, 2.05) is 30.3 Å². The number of rotatable bonds is 3. The third kappa shape index (κ3) is 1.82. The van der Waals surface area contributed by atoms with Gasteiger partial charge in [0.15, 0.2) is 0 Å². The first-order valence-electron chi connectivity index (χ1n) is 5.75. The van der Waals surface area contributed by atoms with Gasteiger partial charge in [-0.1, -0.05) is 49.6 Å². The van der Waals surface area contributed by atoms with Crippen molar-refractivity contribution in [1.82, 2.24) is 5.32 Å². The van der Waals surface area contributed by atoms with Gasteiger partial charge in [0.05, 0.1) is 5.56 Å². The van der Waals surface area contributed by atoms with Crippen LogP contribution in [0.2, 0.25) is 0 Å². The highest BCUT2D eigenvalue weighted by atomic mass is 16.1. The van der Waals surface area contributed by atoms with Gasteiger partial charge in [0.2, 0.25) is 0 Å². The fraction of sp³-hybridized carbons (Fsp3) is 0.0625. The maximum atomic E-state index is 12.1. The van der Waals surface area contributed by atoms with E-state index in [1.165, 1.54) is 0 Å². The summed E-state index contributed by atoms with van der Waals surface area (Å²) in [7, 11) is 1.63. The standard InChI is InChI=1S/C16H15NO/c1-4-11-10-12-8-6-7-9-14(12)15(13(11)5-2)16(18)17-3/h4-10H,1-2H2,3H3,(H,17,18). The first-order valence-corrected chi connectivity index (χ1v) is 5.75. The molecule has 18 heavy (non-hydrogen) atoms. The number of carbonyl (C=O) groups excluding carboxylic acids is 1. The largest absolute Gasteiger partial charge is 0.355 e. The Bertz CT molecular complexity index is 641. The molecule has 0 aliphatic carbocycles. The average molecular weight is 237 g/mol. The van der Waals surface area contributed by atoms with Crippen molar-refractivity contribution in [3.63, 3.8) is 0 Å². The van der Waals surface area contributed by atoms with E-state index in [0.29, 0.717) is 5.56 Å². The Hall–Kier alpha value is -2.35. The highest BCUT2D eigenvalue weighted by molar-refractivity contribution is 6.11. The van der Waals surface area contributed by atoms with Crippen molar-refractivity contribution < 1.29 is 4.79 Å². The first-order chi connectivity index (χ1) is 8.72. The molecule has 2 aromatic carbocycles. The summed E-state index contributed by atoms with van der Waals surface area (Å²) < 4.78 is 0. The molecule has 1 N–H and O–H groups in total. The summed E-state index contributed by atoms with van der Waals surface area (Å²) in [4.78, 5) is 12.1. The molecule has 0 aliphatic rings. The van der Waals surface area contributed by atoms with Gasteiger partial charge in [-0.3, -0.25) is 4.79 Å². The predicted octanol–water partition coefficient (Wildman–Crippen LogP) is 3.49. The van der Waals surface area contributed by atoms with E-state index in [1.54, 1.807) is 19.2 Å². The maximum absolute atomic E-state index is 12.1. The summed E-state index contributed by atoms with van der Waals surface area (Å²) in [5, 5.41) is 4.63. The monoisotopic (exact) mass is 237 g/mol. The molecule has 0 radical (unpaired) electrons. The van der Waals surface area contributed by atoms with E-state index in [4.69, 9.17) is 0 Å². The van der Waals surface area contributed by atoms with E-state index in [9.17, 15) is 4.79 Å². The lowest BCUT2D eigenvalue weighted by molar-refractivity contribution is 0.0964. The van der Waals surface area contributed by atoms with Crippen molar-refractivity contribution in [2.45, 2.75) is 0 Å². The number of hydrogen-bond acceptors (Lipinski definition) is 1. The summed E-state index contributed by atoms with van der Waals surface area (Å²) in [6.45, 7) is 7.59. The van der Waals surface area contributed by atoms with Gasteiger partial charge in [-0.15, -0.1) is 0 Å². The second kappa shape index (κ2) is 4.88. The zero-order chi connectivity index (χ0) is 13.1. The Kier molecular flexibility index (Phi) is 3.28. The van der Waals surface area contributed by atoms with E-state index in [-0.39, 0.29) is 5.91 Å². The molecule has 0 spiro atoms. The van der Waals surface area contributed by atoms with Crippen molar-refractivity contribution in [1.29, 1.82) is 0 Å². The minimum absolute atomic E-state index is 0.107. The predicted molar refractivity (Wildman–Crippen MR) is 77.5 cm³/mol. The van der Waals surface area contributed by atoms with Crippen LogP contribution in [0.25, 0.3) is 22.9 Å². The zero-order valence-electron chi connectivity index (χ0n) is 10.4. The van der Waals surface area contributed by atoms with Gasteiger partial charge in [0.1, 0.15) is 0 Å². The highest BCUT2D eigenvalue weighted by Crippen LogP contribution is 2.27. The Balaban J connectivity index is 2.95. The SMILES string of the molecule is C=Cc1cc2ccccc2c(C(=O)NC)c1C=C. The molecular formula is C16H15NO. The minimum Gasteiger partial charge on any atom is -0.355 e. The third-order valence-corrected chi connectivity index (χ3v) is 3.00. The van der Waals surface area contributed by atoms with E-state index in [0.717, 1.165) is 21.9 Å². The molecule has 2 rings (SSSR count). The van der Waals surface area contributed by atoms with Gasteiger partial charge < -0.3 is 5.32 Å². The number of fused-ring (bicyclic) bond motifs is 1. The van der Waals surface area contributed by atoms with Gasteiger partial charge in [-0.25, -0.2) is 0 Å². The summed E-state index contributed by atoms with van der Waals surface area (Å²) in [5.74, 6) is -0.107. The third-order valence-electron chi connectivity index (χ3n) is 3.00. The van der Waals surface area contributed by atoms with Crippen LogP contribution in [0.15, 0.2) is 43.5 Å². The van der Waals surface area contributed by atoms with Crippen molar-refractivity contribution in [3.05, 3.63) is 60.2 Å². The molecule has 2 heteroatoms. The quantitative estimate of drug-likeness (QED) is 0.870. The van der Waals surface area contributed by atoms with E-state index >= 15 is 0 Å². The van der Waals surface area contributed by atoms with E-state index in [2.05, 4.69) is 18.5 Å². The molecule has 0 aromatic heterocycles. The molecule has 0 unspecified atom stereocenters. The lowest BCUT2D eigenvalue weighted by Crippen LogP contribution is -2.19. The first kappa shape index (κ1) is 12.1. The molecule has 0 heterocycles. The normalized spacial score (nSPS) is 10.1. The Morgan fingerprint density at radius 2 is 1.94 bits per heavy atom. The fourth-order valence-electron chi connectivity index (χ4n) is 2.14. The summed E-state index contributed by atoms with van der Waals surface area (Å²) in [6, 6.07) is 9.83. The average Bonchev–Trinajstić information content (AvgIpc) is 2.44. The van der Waals surface area contributed by atoms with Crippen LogP contribution >= 0.6 is 0 Å². The van der Waals surface area contributed by atoms with Gasteiger partial charge in [-0.05, 0) is 28.0 Å². The van der Waals surface area contributed by atoms with Gasteiger partial charge in [0.25, 0.3) is 5.91 Å². The van der Waals surface area contributed by atoms with Crippen LogP contribution in [0.1, 0.15) is 21.5 Å². The van der Waals surface area contributed by atoms with Crippen LogP contribution in [-0.4, -0.2) is 13.0 Å². The number of hydrogen-bond donors (Lipinski definition) is 1. The molecule has 90 valence electrons. The number of amides is 1. The van der Waals surface area contributed by atoms with Gasteiger partial charge in [-0.2, -0.15) is 0 Å². The van der Waals surface area contributed by atoms with Crippen LogP contribution in [-0.2, 0) is 0 Å². The van der Waals surface area contributed by atoms with Crippen LogP contribution in [0.3, 0.4) is 0 Å². The fourth-order valence-corrected chi connectivity index (χ4v) is 2.14. The van der Waals surface area contributed by atoms with Crippen molar-refractivity contribution in [3.8, 4) is 0 Å². The molecule has 0 fully saturated rings. The van der Waals surface area contributed by atoms with Crippen LogP contribution < -0.4 is 5.32 Å². The molecule has 2 aromatic rings. The molecule has 0 saturated carbocycles. The van der Waals surface area contributed by atoms with Crippen molar-refractivity contribution in [2.24, 2.45) is 0 Å². The number of benzene rings is 2. The van der Waals surface area contributed by atoms with Crippen LogP contribution in [0.5, 0.6) is 0 Å². The molecule has 2 nitrogen and oxygen atoms in total. The molecule has 1 amide bonds.